The van der Waals surface area contributed by atoms with Crippen molar-refractivity contribution in [1.29, 1.82) is 0 Å². The third kappa shape index (κ3) is 2.11. The second-order valence-corrected chi connectivity index (χ2v) is 4.27. The Kier molecular flexibility index (Phi) is 2.48. The molecule has 4 heteroatoms. The summed E-state index contributed by atoms with van der Waals surface area (Å²) in [6.07, 6.45) is 6.04. The molecular weight excluding hydrogens is 212 g/mol. The number of aromatic nitrogens is 3. The van der Waals surface area contributed by atoms with Crippen molar-refractivity contribution in [3.05, 3.63) is 36.3 Å². The molecule has 0 amide bonds. The second-order valence-electron chi connectivity index (χ2n) is 4.27. The highest BCUT2D eigenvalue weighted by atomic mass is 15.0. The molecular formula is C13H14N4. The predicted octanol–water partition coefficient (Wildman–Crippen LogP) is 2.46. The van der Waals surface area contributed by atoms with Crippen LogP contribution in [-0.4, -0.2) is 22.0 Å². The molecule has 2 aromatic heterocycles. The maximum Gasteiger partial charge on any atom is 0.163 e. The Morgan fingerprint density at radius 3 is 2.82 bits per heavy atom. The number of nitrogens with one attached hydrogen (secondary N) is 1. The van der Waals surface area contributed by atoms with Gasteiger partial charge >= 0.3 is 0 Å². The molecule has 2 aromatic rings. The summed E-state index contributed by atoms with van der Waals surface area (Å²) in [7, 11) is 1.88. The lowest BCUT2D eigenvalue weighted by atomic mass is 10.2. The Hall–Kier alpha value is -1.97. The first-order valence-electron chi connectivity index (χ1n) is 5.84. The third-order valence-electron chi connectivity index (χ3n) is 2.92. The van der Waals surface area contributed by atoms with E-state index in [-0.39, 0.29) is 0 Å². The molecule has 0 radical (unpaired) electrons. The molecule has 1 aliphatic rings. The van der Waals surface area contributed by atoms with Gasteiger partial charge in [0.15, 0.2) is 5.82 Å². The van der Waals surface area contributed by atoms with Crippen molar-refractivity contribution < 1.29 is 0 Å². The number of pyridine rings is 1. The molecule has 1 fully saturated rings. The molecule has 0 unspecified atom stereocenters. The Bertz CT molecular complexity index is 520. The molecule has 2 heterocycles. The maximum absolute atomic E-state index is 4.62. The first kappa shape index (κ1) is 10.2. The van der Waals surface area contributed by atoms with E-state index in [1.165, 1.54) is 12.8 Å². The van der Waals surface area contributed by atoms with E-state index in [2.05, 4.69) is 20.3 Å². The third-order valence-corrected chi connectivity index (χ3v) is 2.92. The minimum atomic E-state index is 0.625. The summed E-state index contributed by atoms with van der Waals surface area (Å²) in [5.74, 6) is 2.26. The van der Waals surface area contributed by atoms with Crippen LogP contribution in [0.5, 0.6) is 0 Å². The van der Waals surface area contributed by atoms with Crippen LogP contribution in [0.2, 0.25) is 0 Å². The second kappa shape index (κ2) is 4.13. The average Bonchev–Trinajstić information content (AvgIpc) is 3.23. The molecule has 17 heavy (non-hydrogen) atoms. The van der Waals surface area contributed by atoms with Crippen LogP contribution in [0.4, 0.5) is 5.82 Å². The summed E-state index contributed by atoms with van der Waals surface area (Å²) < 4.78 is 0. The maximum atomic E-state index is 4.62. The van der Waals surface area contributed by atoms with Crippen molar-refractivity contribution in [3.8, 4) is 11.4 Å². The van der Waals surface area contributed by atoms with E-state index in [1.54, 1.807) is 12.4 Å². The van der Waals surface area contributed by atoms with Crippen molar-refractivity contribution in [3.63, 3.8) is 0 Å². The molecule has 0 aliphatic heterocycles. The van der Waals surface area contributed by atoms with Crippen LogP contribution < -0.4 is 5.32 Å². The van der Waals surface area contributed by atoms with Gasteiger partial charge in [0.25, 0.3) is 0 Å². The van der Waals surface area contributed by atoms with E-state index in [9.17, 15) is 0 Å². The molecule has 0 spiro atoms. The molecule has 3 rings (SSSR count). The fraction of sp³-hybridized carbons (Fsp3) is 0.308. The zero-order valence-electron chi connectivity index (χ0n) is 9.72. The standard InChI is InChI=1S/C13H14N4/c1-14-12-7-11(9-4-5-9)16-13(17-12)10-3-2-6-15-8-10/h2-3,6-9H,4-5H2,1H3,(H,14,16,17). The van der Waals surface area contributed by atoms with Crippen LogP contribution in [-0.2, 0) is 0 Å². The van der Waals surface area contributed by atoms with Gasteiger partial charge in [-0.2, -0.15) is 0 Å². The lowest BCUT2D eigenvalue weighted by molar-refractivity contribution is 0.993. The first-order chi connectivity index (χ1) is 8.36. The quantitative estimate of drug-likeness (QED) is 0.873. The van der Waals surface area contributed by atoms with E-state index in [4.69, 9.17) is 0 Å². The van der Waals surface area contributed by atoms with E-state index in [0.717, 1.165) is 22.9 Å². The monoisotopic (exact) mass is 226 g/mol. The van der Waals surface area contributed by atoms with Crippen LogP contribution in [0.3, 0.4) is 0 Å². The fourth-order valence-corrected chi connectivity index (χ4v) is 1.81. The molecule has 1 saturated carbocycles. The highest BCUT2D eigenvalue weighted by molar-refractivity contribution is 5.56. The first-order valence-corrected chi connectivity index (χ1v) is 5.84. The lowest BCUT2D eigenvalue weighted by Gasteiger charge is -2.06. The molecule has 0 bridgehead atoms. The van der Waals surface area contributed by atoms with Gasteiger partial charge in [-0.1, -0.05) is 0 Å². The van der Waals surface area contributed by atoms with Crippen LogP contribution in [0, 0.1) is 0 Å². The van der Waals surface area contributed by atoms with Crippen LogP contribution in [0.1, 0.15) is 24.5 Å². The SMILES string of the molecule is CNc1cc(C2CC2)nc(-c2cccnc2)n1. The van der Waals surface area contributed by atoms with Gasteiger partial charge in [-0.15, -0.1) is 0 Å². The molecule has 0 aromatic carbocycles. The van der Waals surface area contributed by atoms with E-state index in [0.29, 0.717) is 5.92 Å². The summed E-state index contributed by atoms with van der Waals surface area (Å²) in [6, 6.07) is 5.93. The van der Waals surface area contributed by atoms with Gasteiger partial charge < -0.3 is 5.32 Å². The summed E-state index contributed by atoms with van der Waals surface area (Å²) in [6.45, 7) is 0. The summed E-state index contributed by atoms with van der Waals surface area (Å²) in [5, 5.41) is 3.09. The predicted molar refractivity (Wildman–Crippen MR) is 66.8 cm³/mol. The number of hydrogen-bond donors (Lipinski definition) is 1. The Labute approximate surface area is 100 Å². The van der Waals surface area contributed by atoms with Crippen molar-refractivity contribution in [1.82, 2.24) is 15.0 Å². The van der Waals surface area contributed by atoms with E-state index < -0.39 is 0 Å². The topological polar surface area (TPSA) is 50.7 Å². The Morgan fingerprint density at radius 2 is 2.18 bits per heavy atom. The van der Waals surface area contributed by atoms with Gasteiger partial charge in [0.05, 0.1) is 0 Å². The number of hydrogen-bond acceptors (Lipinski definition) is 4. The van der Waals surface area contributed by atoms with Crippen LogP contribution >= 0.6 is 0 Å². The van der Waals surface area contributed by atoms with Crippen molar-refractivity contribution >= 4 is 5.82 Å². The highest BCUT2D eigenvalue weighted by Gasteiger charge is 2.26. The molecule has 1 N–H and O–H groups in total. The average molecular weight is 226 g/mol. The fourth-order valence-electron chi connectivity index (χ4n) is 1.81. The highest BCUT2D eigenvalue weighted by Crippen LogP contribution is 2.40. The van der Waals surface area contributed by atoms with Crippen molar-refractivity contribution in [2.45, 2.75) is 18.8 Å². The minimum absolute atomic E-state index is 0.625. The van der Waals surface area contributed by atoms with Gasteiger partial charge in [0.2, 0.25) is 0 Å². The van der Waals surface area contributed by atoms with Crippen molar-refractivity contribution in [2.75, 3.05) is 12.4 Å². The molecule has 86 valence electrons. The zero-order chi connectivity index (χ0) is 11.7. The van der Waals surface area contributed by atoms with E-state index in [1.807, 2.05) is 25.2 Å². The van der Waals surface area contributed by atoms with E-state index >= 15 is 0 Å². The molecule has 1 aliphatic carbocycles. The summed E-state index contributed by atoms with van der Waals surface area (Å²) in [5.41, 5.74) is 2.11. The molecule has 0 saturated heterocycles. The normalized spacial score (nSPS) is 14.6. The van der Waals surface area contributed by atoms with Gasteiger partial charge in [-0.05, 0) is 25.0 Å². The summed E-state index contributed by atoms with van der Waals surface area (Å²) >= 11 is 0. The number of anilines is 1. The lowest BCUT2D eigenvalue weighted by Crippen LogP contribution is -2.00. The van der Waals surface area contributed by atoms with Gasteiger partial charge in [-0.25, -0.2) is 9.97 Å². The van der Waals surface area contributed by atoms with Crippen molar-refractivity contribution in [2.24, 2.45) is 0 Å². The van der Waals surface area contributed by atoms with Gasteiger partial charge in [-0.3, -0.25) is 4.98 Å². The number of rotatable bonds is 3. The minimum Gasteiger partial charge on any atom is -0.373 e. The smallest absolute Gasteiger partial charge is 0.163 e. The largest absolute Gasteiger partial charge is 0.373 e. The zero-order valence-corrected chi connectivity index (χ0v) is 9.72. The van der Waals surface area contributed by atoms with Gasteiger partial charge in [0.1, 0.15) is 5.82 Å². The van der Waals surface area contributed by atoms with Gasteiger partial charge in [0, 0.05) is 42.7 Å². The van der Waals surface area contributed by atoms with Crippen LogP contribution in [0.25, 0.3) is 11.4 Å². The number of nitrogens with zero attached hydrogens (tertiary/aromatic N) is 3. The van der Waals surface area contributed by atoms with Crippen LogP contribution in [0.15, 0.2) is 30.6 Å². The molecule has 4 nitrogen and oxygen atoms in total. The summed E-state index contributed by atoms with van der Waals surface area (Å²) in [4.78, 5) is 13.2. The Morgan fingerprint density at radius 1 is 1.29 bits per heavy atom. The molecule has 0 atom stereocenters. The Balaban J connectivity index is 2.06.